The molecule has 0 heterocycles. The van der Waals surface area contributed by atoms with Crippen molar-refractivity contribution in [3.05, 3.63) is 0 Å². The normalized spacial score (nSPS) is 10.8. The number of ether oxygens (including phenoxy) is 1. The van der Waals surface area contributed by atoms with Crippen molar-refractivity contribution in [3.63, 3.8) is 0 Å². The summed E-state index contributed by atoms with van der Waals surface area (Å²) in [5, 5.41) is 0. The molecule has 0 atom stereocenters. The summed E-state index contributed by atoms with van der Waals surface area (Å²) in [7, 11) is -3.83. The quantitative estimate of drug-likeness (QED) is 0.288. The predicted octanol–water partition coefficient (Wildman–Crippen LogP) is 1.79. The Bertz CT molecular complexity index is 303. The molecule has 0 saturated carbocycles. The van der Waals surface area contributed by atoms with Crippen LogP contribution in [0.25, 0.3) is 0 Å². The molecule has 0 aromatic rings. The van der Waals surface area contributed by atoms with Crippen molar-refractivity contribution in [3.8, 4) is 0 Å². The largest absolute Gasteiger partial charge is 0.466 e. The van der Waals surface area contributed by atoms with Gasteiger partial charge in [0.15, 0.2) is 0 Å². The van der Waals surface area contributed by atoms with Gasteiger partial charge in [-0.05, 0) is 19.3 Å². The van der Waals surface area contributed by atoms with Gasteiger partial charge in [-0.25, -0.2) is 0 Å². The third-order valence-electron chi connectivity index (χ3n) is 2.29. The Balaban J connectivity index is 0. The van der Waals surface area contributed by atoms with Gasteiger partial charge >= 0.3 is 5.97 Å². The fraction of sp³-hybridized carbons (Fsp3) is 0.909. The van der Waals surface area contributed by atoms with Crippen LogP contribution in [-0.4, -0.2) is 82.7 Å². The molecule has 0 rings (SSSR count). The Morgan fingerprint density at radius 2 is 1.72 bits per heavy atom. The van der Waals surface area contributed by atoms with Gasteiger partial charge in [-0.2, -0.15) is 8.42 Å². The first-order chi connectivity index (χ1) is 7.95. The first-order valence-electron chi connectivity index (χ1n) is 6.06. The summed E-state index contributed by atoms with van der Waals surface area (Å²) in [6.45, 7) is 2.41. The second-order valence-corrected chi connectivity index (χ2v) is 5.60. The van der Waals surface area contributed by atoms with Crippen LogP contribution in [0.1, 0.15) is 51.9 Å². The van der Waals surface area contributed by atoms with E-state index in [1.165, 1.54) is 0 Å². The summed E-state index contributed by atoms with van der Waals surface area (Å²) >= 11 is 0. The molecule has 0 fully saturated rings. The first kappa shape index (κ1) is 21.3. The number of carbonyl (C=O) groups is 1. The minimum absolute atomic E-state index is 0. The summed E-state index contributed by atoms with van der Waals surface area (Å²) in [4.78, 5) is 11.1. The Morgan fingerprint density at radius 1 is 1.11 bits per heavy atom. The van der Waals surface area contributed by atoms with Gasteiger partial charge in [-0.1, -0.05) is 26.2 Å². The number of hydrogen-bond acceptors (Lipinski definition) is 4. The van der Waals surface area contributed by atoms with E-state index in [0.29, 0.717) is 25.9 Å². The second-order valence-electron chi connectivity index (χ2n) is 4.02. The average molecular weight is 305 g/mol. The van der Waals surface area contributed by atoms with Gasteiger partial charge in [-0.15, -0.1) is 0 Å². The van der Waals surface area contributed by atoms with E-state index in [4.69, 9.17) is 9.29 Å². The fourth-order valence-corrected chi connectivity index (χ4v) is 1.89. The fourth-order valence-electron chi connectivity index (χ4n) is 1.32. The van der Waals surface area contributed by atoms with Gasteiger partial charge in [0.2, 0.25) is 0 Å². The Kier molecular flexibility index (Phi) is 15.4. The molecule has 0 amide bonds. The number of rotatable bonds is 10. The van der Waals surface area contributed by atoms with Gasteiger partial charge in [0.1, 0.15) is 0 Å². The van der Waals surface area contributed by atoms with Gasteiger partial charge in [0, 0.05) is 57.8 Å². The minimum atomic E-state index is -3.83. The number of hydrogen-bond donors (Lipinski definition) is 1. The molecule has 5 nitrogen and oxygen atoms in total. The molecule has 0 aromatic heterocycles. The van der Waals surface area contributed by atoms with E-state index in [0.717, 1.165) is 25.7 Å². The van der Waals surface area contributed by atoms with E-state index < -0.39 is 10.1 Å². The molecule has 1 N–H and O–H groups in total. The van der Waals surface area contributed by atoms with Gasteiger partial charge in [0.05, 0.1) is 12.4 Å². The zero-order valence-electron chi connectivity index (χ0n) is 11.4. The topological polar surface area (TPSA) is 80.7 Å². The van der Waals surface area contributed by atoms with Crippen molar-refractivity contribution in [2.24, 2.45) is 0 Å². The van der Waals surface area contributed by atoms with Crippen molar-refractivity contribution in [2.75, 3.05) is 12.4 Å². The Labute approximate surface area is 152 Å². The van der Waals surface area contributed by atoms with Crippen LogP contribution in [0.15, 0.2) is 0 Å². The summed E-state index contributed by atoms with van der Waals surface area (Å²) in [6, 6.07) is 0. The van der Waals surface area contributed by atoms with Crippen molar-refractivity contribution in [2.45, 2.75) is 51.9 Å². The maximum Gasteiger partial charge on any atom is 0.305 e. The molecule has 0 spiro atoms. The monoisotopic (exact) mass is 305 g/mol. The van der Waals surface area contributed by atoms with Crippen LogP contribution in [-0.2, 0) is 19.6 Å². The average Bonchev–Trinajstić information content (AvgIpc) is 2.23. The van der Waals surface area contributed by atoms with Gasteiger partial charge in [-0.3, -0.25) is 9.35 Å². The molecule has 0 bridgehead atoms. The van der Waals surface area contributed by atoms with Crippen molar-refractivity contribution in [1.82, 2.24) is 0 Å². The van der Waals surface area contributed by atoms with E-state index >= 15 is 0 Å². The number of carbonyl (C=O) groups excluding carboxylic acids is 1. The van der Waals surface area contributed by atoms with Gasteiger partial charge < -0.3 is 4.74 Å². The summed E-state index contributed by atoms with van der Waals surface area (Å²) in [5.74, 6) is -0.353. The smallest absolute Gasteiger partial charge is 0.305 e. The van der Waals surface area contributed by atoms with E-state index in [2.05, 4.69) is 0 Å². The molecule has 0 unspecified atom stereocenters. The third-order valence-corrected chi connectivity index (χ3v) is 3.10. The van der Waals surface area contributed by atoms with Crippen molar-refractivity contribution >= 4 is 67.5 Å². The molecule has 0 saturated heterocycles. The Morgan fingerprint density at radius 3 is 2.28 bits per heavy atom. The molecular weight excluding hydrogens is 283 g/mol. The molecule has 0 aromatic carbocycles. The molecule has 7 heteroatoms. The second kappa shape index (κ2) is 13.0. The van der Waals surface area contributed by atoms with E-state index in [-0.39, 0.29) is 63.1 Å². The molecule has 103 valence electrons. The first-order valence-corrected chi connectivity index (χ1v) is 7.67. The number of unbranched alkanes of at least 4 members (excludes halogenated alkanes) is 4. The van der Waals surface area contributed by atoms with E-state index in [9.17, 15) is 13.2 Å². The molecule has 0 aliphatic heterocycles. The maximum absolute atomic E-state index is 11.1. The molecular formula is C11H22KO5S. The summed E-state index contributed by atoms with van der Waals surface area (Å²) in [6.07, 6.45) is 5.01. The van der Waals surface area contributed by atoms with E-state index in [1.54, 1.807) is 0 Å². The van der Waals surface area contributed by atoms with Crippen LogP contribution in [0.4, 0.5) is 0 Å². The zero-order chi connectivity index (χ0) is 13.1. The van der Waals surface area contributed by atoms with Crippen molar-refractivity contribution < 1.29 is 22.5 Å². The van der Waals surface area contributed by atoms with E-state index in [1.807, 2.05) is 6.92 Å². The van der Waals surface area contributed by atoms with Gasteiger partial charge in [0.25, 0.3) is 10.1 Å². The molecule has 1 radical (unpaired) electrons. The van der Waals surface area contributed by atoms with Crippen LogP contribution in [0.3, 0.4) is 0 Å². The standard InChI is InChI=1S/C11H22O5S.K/c1-2-3-8-11(12)16-9-6-4-5-7-10-17(13,14)15;/h2-10H2,1H3,(H,13,14,15);. The maximum atomic E-state index is 11.1. The molecule has 0 aliphatic rings. The summed E-state index contributed by atoms with van der Waals surface area (Å²) in [5.41, 5.74) is 0. The third kappa shape index (κ3) is 17.0. The van der Waals surface area contributed by atoms with Crippen LogP contribution in [0.2, 0.25) is 0 Å². The predicted molar refractivity (Wildman–Crippen MR) is 71.1 cm³/mol. The van der Waals surface area contributed by atoms with Crippen LogP contribution in [0, 0.1) is 0 Å². The SMILES string of the molecule is CCCCC(=O)OCCCCCCS(=O)(=O)O.[K]. The van der Waals surface area contributed by atoms with Crippen LogP contribution < -0.4 is 0 Å². The number of esters is 1. The molecule has 0 aliphatic carbocycles. The van der Waals surface area contributed by atoms with Crippen LogP contribution in [0.5, 0.6) is 0 Å². The zero-order valence-corrected chi connectivity index (χ0v) is 15.3. The van der Waals surface area contributed by atoms with Crippen LogP contribution >= 0.6 is 0 Å². The Hall–Kier alpha value is 1.02. The van der Waals surface area contributed by atoms with Crippen molar-refractivity contribution in [1.29, 1.82) is 0 Å². The molecule has 18 heavy (non-hydrogen) atoms. The minimum Gasteiger partial charge on any atom is -0.466 e. The summed E-state index contributed by atoms with van der Waals surface area (Å²) < 4.78 is 34.3.